The number of aliphatic hydroxyl groups is 1. The van der Waals surface area contributed by atoms with E-state index in [0.717, 1.165) is 0 Å². The van der Waals surface area contributed by atoms with Crippen LogP contribution in [0.4, 0.5) is 10.5 Å². The fraction of sp³-hybridized carbons (Fsp3) is 0.500. The fourth-order valence-electron chi connectivity index (χ4n) is 1.90. The molecular formula is C16H24N2O4. The Hall–Kier alpha value is -2.08. The summed E-state index contributed by atoms with van der Waals surface area (Å²) in [6, 6.07) is 6.32. The van der Waals surface area contributed by atoms with E-state index in [4.69, 9.17) is 4.74 Å². The van der Waals surface area contributed by atoms with E-state index in [2.05, 4.69) is 10.6 Å². The summed E-state index contributed by atoms with van der Waals surface area (Å²) in [6.07, 6.45) is -1.58. The Balaban J connectivity index is 2.80. The Morgan fingerprint density at radius 3 is 2.36 bits per heavy atom. The van der Waals surface area contributed by atoms with Crippen LogP contribution < -0.4 is 10.6 Å². The van der Waals surface area contributed by atoms with Crippen LogP contribution in [-0.4, -0.2) is 28.7 Å². The molecule has 0 fully saturated rings. The summed E-state index contributed by atoms with van der Waals surface area (Å²) >= 11 is 0. The van der Waals surface area contributed by atoms with Gasteiger partial charge in [-0.15, -0.1) is 0 Å². The molecule has 6 heteroatoms. The Morgan fingerprint density at radius 1 is 1.23 bits per heavy atom. The smallest absolute Gasteiger partial charge is 0.407 e. The number of rotatable bonds is 4. The molecule has 0 spiro atoms. The van der Waals surface area contributed by atoms with Crippen LogP contribution in [0.1, 0.15) is 46.3 Å². The van der Waals surface area contributed by atoms with Gasteiger partial charge in [0.1, 0.15) is 11.7 Å². The SMILES string of the molecule is CC(=O)Nc1ccccc1C(O)C(C)NC(=O)OC(C)(C)C. The monoisotopic (exact) mass is 308 g/mol. The van der Waals surface area contributed by atoms with Crippen molar-refractivity contribution in [1.29, 1.82) is 0 Å². The first-order valence-electron chi connectivity index (χ1n) is 7.14. The molecule has 22 heavy (non-hydrogen) atoms. The van der Waals surface area contributed by atoms with Crippen molar-refractivity contribution in [1.82, 2.24) is 5.32 Å². The highest BCUT2D eigenvalue weighted by Crippen LogP contribution is 2.25. The number of amides is 2. The maximum Gasteiger partial charge on any atom is 0.407 e. The molecule has 0 aliphatic heterocycles. The molecule has 0 heterocycles. The average Bonchev–Trinajstić information content (AvgIpc) is 2.35. The second-order valence-corrected chi connectivity index (χ2v) is 6.15. The van der Waals surface area contributed by atoms with Gasteiger partial charge in [-0.05, 0) is 33.8 Å². The topological polar surface area (TPSA) is 87.7 Å². The zero-order chi connectivity index (χ0) is 16.9. The minimum absolute atomic E-state index is 0.229. The number of aliphatic hydroxyl groups excluding tert-OH is 1. The molecule has 2 atom stereocenters. The van der Waals surface area contributed by atoms with E-state index in [1.165, 1.54) is 6.92 Å². The molecule has 1 aromatic carbocycles. The standard InChI is InChI=1S/C16H24N2O4/c1-10(17-15(21)22-16(3,4)5)14(20)12-8-6-7-9-13(12)18-11(2)19/h6-10,14,20H,1-5H3,(H,17,21)(H,18,19). The molecule has 0 aliphatic carbocycles. The Kier molecular flexibility index (Phi) is 5.93. The number of hydrogen-bond donors (Lipinski definition) is 3. The Bertz CT molecular complexity index is 537. The predicted octanol–water partition coefficient (Wildman–Crippen LogP) is 2.59. The number of ether oxygens (including phenoxy) is 1. The normalized spacial score (nSPS) is 13.9. The van der Waals surface area contributed by atoms with Crippen LogP contribution >= 0.6 is 0 Å². The van der Waals surface area contributed by atoms with Crippen LogP contribution in [0, 0.1) is 0 Å². The van der Waals surface area contributed by atoms with Crippen molar-refractivity contribution >= 4 is 17.7 Å². The van der Waals surface area contributed by atoms with Gasteiger partial charge in [0.15, 0.2) is 0 Å². The number of carbonyl (C=O) groups excluding carboxylic acids is 2. The van der Waals surface area contributed by atoms with Gasteiger partial charge in [0.2, 0.25) is 5.91 Å². The second-order valence-electron chi connectivity index (χ2n) is 6.15. The quantitative estimate of drug-likeness (QED) is 0.798. The molecule has 2 unspecified atom stereocenters. The van der Waals surface area contributed by atoms with Crippen molar-refractivity contribution in [2.24, 2.45) is 0 Å². The molecule has 3 N–H and O–H groups in total. The molecule has 0 bridgehead atoms. The van der Waals surface area contributed by atoms with Crippen molar-refractivity contribution in [3.05, 3.63) is 29.8 Å². The molecule has 0 saturated heterocycles. The van der Waals surface area contributed by atoms with Gasteiger partial charge in [-0.3, -0.25) is 4.79 Å². The number of carbonyl (C=O) groups is 2. The maximum atomic E-state index is 11.8. The third-order valence-electron chi connectivity index (χ3n) is 2.81. The number of benzene rings is 1. The van der Waals surface area contributed by atoms with E-state index in [9.17, 15) is 14.7 Å². The van der Waals surface area contributed by atoms with Crippen molar-refractivity contribution < 1.29 is 19.4 Å². The molecule has 2 amide bonds. The van der Waals surface area contributed by atoms with E-state index < -0.39 is 23.8 Å². The van der Waals surface area contributed by atoms with Gasteiger partial charge in [0, 0.05) is 18.2 Å². The Morgan fingerprint density at radius 2 is 1.82 bits per heavy atom. The lowest BCUT2D eigenvalue weighted by atomic mass is 10.0. The molecule has 0 saturated carbocycles. The zero-order valence-corrected chi connectivity index (χ0v) is 13.6. The van der Waals surface area contributed by atoms with E-state index >= 15 is 0 Å². The van der Waals surface area contributed by atoms with Crippen LogP contribution in [0.3, 0.4) is 0 Å². The second kappa shape index (κ2) is 7.26. The van der Waals surface area contributed by atoms with Gasteiger partial charge in [0.25, 0.3) is 0 Å². The molecule has 0 radical (unpaired) electrons. The number of anilines is 1. The van der Waals surface area contributed by atoms with Gasteiger partial charge in [-0.2, -0.15) is 0 Å². The lowest BCUT2D eigenvalue weighted by molar-refractivity contribution is -0.114. The largest absolute Gasteiger partial charge is 0.444 e. The molecule has 0 aliphatic rings. The first kappa shape index (κ1) is 18.0. The minimum atomic E-state index is -0.976. The molecular weight excluding hydrogens is 284 g/mol. The number of hydrogen-bond acceptors (Lipinski definition) is 4. The van der Waals surface area contributed by atoms with Crippen LogP contribution in [0.25, 0.3) is 0 Å². The summed E-state index contributed by atoms with van der Waals surface area (Å²) in [5.41, 5.74) is 0.435. The highest BCUT2D eigenvalue weighted by atomic mass is 16.6. The Labute approximate surface area is 130 Å². The molecule has 1 rings (SSSR count). The van der Waals surface area contributed by atoms with Gasteiger partial charge >= 0.3 is 6.09 Å². The van der Waals surface area contributed by atoms with Gasteiger partial charge < -0.3 is 20.5 Å². The number of para-hydroxylation sites is 1. The minimum Gasteiger partial charge on any atom is -0.444 e. The van der Waals surface area contributed by atoms with E-state index in [0.29, 0.717) is 11.3 Å². The summed E-state index contributed by atoms with van der Waals surface area (Å²) < 4.78 is 5.16. The summed E-state index contributed by atoms with van der Waals surface area (Å²) in [5.74, 6) is -0.229. The molecule has 6 nitrogen and oxygen atoms in total. The van der Waals surface area contributed by atoms with Crippen LogP contribution in [0.2, 0.25) is 0 Å². The maximum absolute atomic E-state index is 11.8. The van der Waals surface area contributed by atoms with E-state index in [1.54, 1.807) is 52.0 Å². The highest BCUT2D eigenvalue weighted by Gasteiger charge is 2.24. The third-order valence-corrected chi connectivity index (χ3v) is 2.81. The number of alkyl carbamates (subject to hydrolysis) is 1. The first-order chi connectivity index (χ1) is 10.1. The highest BCUT2D eigenvalue weighted by molar-refractivity contribution is 5.89. The average molecular weight is 308 g/mol. The van der Waals surface area contributed by atoms with E-state index in [-0.39, 0.29) is 5.91 Å². The van der Waals surface area contributed by atoms with Crippen molar-refractivity contribution in [3.63, 3.8) is 0 Å². The first-order valence-corrected chi connectivity index (χ1v) is 7.14. The van der Waals surface area contributed by atoms with E-state index in [1.807, 2.05) is 0 Å². The lowest BCUT2D eigenvalue weighted by Gasteiger charge is -2.25. The summed E-state index contributed by atoms with van der Waals surface area (Å²) in [5, 5.41) is 15.7. The van der Waals surface area contributed by atoms with Crippen LogP contribution in [0.5, 0.6) is 0 Å². The van der Waals surface area contributed by atoms with Gasteiger partial charge in [-0.25, -0.2) is 4.79 Å². The molecule has 1 aromatic rings. The number of nitrogens with one attached hydrogen (secondary N) is 2. The zero-order valence-electron chi connectivity index (χ0n) is 13.6. The van der Waals surface area contributed by atoms with Gasteiger partial charge in [-0.1, -0.05) is 18.2 Å². The summed E-state index contributed by atoms with van der Waals surface area (Å²) in [7, 11) is 0. The predicted molar refractivity (Wildman–Crippen MR) is 84.5 cm³/mol. The van der Waals surface area contributed by atoms with Gasteiger partial charge in [0.05, 0.1) is 6.04 Å². The summed E-state index contributed by atoms with van der Waals surface area (Å²) in [6.45, 7) is 8.35. The van der Waals surface area contributed by atoms with Crippen LogP contribution in [-0.2, 0) is 9.53 Å². The third kappa shape index (κ3) is 5.73. The fourth-order valence-corrected chi connectivity index (χ4v) is 1.90. The molecule has 122 valence electrons. The van der Waals surface area contributed by atoms with Crippen molar-refractivity contribution in [2.75, 3.05) is 5.32 Å². The van der Waals surface area contributed by atoms with Crippen LogP contribution in [0.15, 0.2) is 24.3 Å². The van der Waals surface area contributed by atoms with Crippen molar-refractivity contribution in [2.45, 2.75) is 52.4 Å². The summed E-state index contributed by atoms with van der Waals surface area (Å²) in [4.78, 5) is 23.0. The molecule has 0 aromatic heterocycles. The van der Waals surface area contributed by atoms with Crippen molar-refractivity contribution in [3.8, 4) is 0 Å². The lowest BCUT2D eigenvalue weighted by Crippen LogP contribution is -2.40.